The van der Waals surface area contributed by atoms with Crippen LogP contribution in [0.5, 0.6) is 0 Å². The number of anilines is 2. The molecule has 25 heteroatoms. The molecule has 3 fully saturated rings. The van der Waals surface area contributed by atoms with Crippen LogP contribution in [0.1, 0.15) is 12.5 Å². The van der Waals surface area contributed by atoms with E-state index in [2.05, 4.69) is 29.9 Å². The molecule has 0 aliphatic carbocycles. The number of ether oxygens (including phenoxy) is 2. The van der Waals surface area contributed by atoms with Gasteiger partial charge in [0, 0.05) is 0 Å². The van der Waals surface area contributed by atoms with Crippen molar-refractivity contribution in [2.45, 2.75) is 49.1 Å². The van der Waals surface area contributed by atoms with Gasteiger partial charge in [-0.05, 0) is 11.8 Å². The summed E-state index contributed by atoms with van der Waals surface area (Å²) in [5.41, 5.74) is 11.1. The van der Waals surface area contributed by atoms with E-state index in [1.54, 1.807) is 0 Å². The van der Waals surface area contributed by atoms with Crippen LogP contribution >= 0.6 is 14.5 Å². The second-order valence-corrected chi connectivity index (χ2v) is 14.3. The Morgan fingerprint density at radius 3 is 2.36 bits per heavy atom. The highest BCUT2D eigenvalue weighted by Gasteiger charge is 2.53. The number of nitrogens with zero attached hydrogens (tertiary/aromatic N) is 7. The quantitative estimate of drug-likeness (QED) is 0.109. The lowest BCUT2D eigenvalue weighted by molar-refractivity contribution is -0.0635. The van der Waals surface area contributed by atoms with Gasteiger partial charge in [-0.25, -0.2) is 24.5 Å². The van der Waals surface area contributed by atoms with Crippen molar-refractivity contribution in [1.29, 1.82) is 0 Å². The second kappa shape index (κ2) is 11.1. The van der Waals surface area contributed by atoms with Crippen molar-refractivity contribution in [2.24, 2.45) is 0 Å². The Labute approximate surface area is 254 Å². The predicted molar refractivity (Wildman–Crippen MR) is 150 cm³/mol. The van der Waals surface area contributed by atoms with Crippen molar-refractivity contribution >= 4 is 60.4 Å². The Bertz CT molecular complexity index is 1940. The number of aliphatic hydroxyl groups is 2. The molecule has 7 rings (SSSR count). The normalized spacial score (nSPS) is 37.7. The second-order valence-electron chi connectivity index (χ2n) is 10.1. The number of phosphoric acid groups is 1. The molecule has 0 saturated carbocycles. The van der Waals surface area contributed by atoms with Gasteiger partial charge < -0.3 is 45.5 Å². The Hall–Kier alpha value is -3.02. The Kier molecular flexibility index (Phi) is 7.52. The van der Waals surface area contributed by atoms with Gasteiger partial charge in [-0.1, -0.05) is 0 Å². The van der Waals surface area contributed by atoms with E-state index in [-0.39, 0.29) is 34.1 Å². The van der Waals surface area contributed by atoms with Crippen molar-refractivity contribution in [3.05, 3.63) is 29.3 Å². The third-order valence-electron chi connectivity index (χ3n) is 7.32. The van der Waals surface area contributed by atoms with E-state index >= 15 is 0 Å². The van der Waals surface area contributed by atoms with Crippen molar-refractivity contribution in [1.82, 2.24) is 39.0 Å². The zero-order valence-corrected chi connectivity index (χ0v) is 25.0. The van der Waals surface area contributed by atoms with Crippen molar-refractivity contribution in [2.75, 3.05) is 24.7 Å². The lowest BCUT2D eigenvalue weighted by Crippen LogP contribution is -2.36. The Morgan fingerprint density at radius 2 is 1.58 bits per heavy atom. The van der Waals surface area contributed by atoms with E-state index in [0.29, 0.717) is 0 Å². The van der Waals surface area contributed by atoms with Crippen LogP contribution < -0.4 is 17.0 Å². The number of H-pyrrole nitrogens is 1. The summed E-state index contributed by atoms with van der Waals surface area (Å²) < 4.78 is 49.1. The van der Waals surface area contributed by atoms with E-state index in [9.17, 15) is 29.4 Å². The number of aromatic nitrogens is 8. The van der Waals surface area contributed by atoms with Gasteiger partial charge in [0.2, 0.25) is 5.95 Å². The molecular weight excluding hydrogens is 666 g/mol. The molecule has 2 bridgehead atoms. The minimum Gasteiger partial charge on any atom is -0.387 e. The Morgan fingerprint density at radius 1 is 0.889 bits per heavy atom. The number of nitrogens with one attached hydrogen (secondary N) is 1. The predicted octanol–water partition coefficient (Wildman–Crippen LogP) is -2.23. The molecule has 0 radical (unpaired) electrons. The van der Waals surface area contributed by atoms with Crippen LogP contribution in [0.15, 0.2) is 23.8 Å². The molecule has 45 heavy (non-hydrogen) atoms. The molecule has 4 unspecified atom stereocenters. The van der Waals surface area contributed by atoms with Gasteiger partial charge in [-0.2, -0.15) is 4.98 Å². The molecule has 242 valence electrons. The van der Waals surface area contributed by atoms with Gasteiger partial charge in [-0.15, -0.1) is 0 Å². The van der Waals surface area contributed by atoms with Gasteiger partial charge in [0.1, 0.15) is 48.5 Å². The number of phosphoric ester groups is 1. The molecule has 7 heterocycles. The molecule has 0 aromatic carbocycles. The molecule has 3 aliphatic rings. The molecule has 4 aromatic heterocycles. The molecule has 22 nitrogen and oxygen atoms in total. The molecule has 0 spiro atoms. The first-order valence-corrected chi connectivity index (χ1v) is 17.0. The van der Waals surface area contributed by atoms with Crippen LogP contribution in [0.4, 0.5) is 11.8 Å². The summed E-state index contributed by atoms with van der Waals surface area (Å²) in [6.07, 6.45) is -8.14. The summed E-state index contributed by atoms with van der Waals surface area (Å²) >= 11 is 5.21. The van der Waals surface area contributed by atoms with Gasteiger partial charge in [0.15, 0.2) is 35.1 Å². The van der Waals surface area contributed by atoms with Crippen LogP contribution in [0.2, 0.25) is 0 Å². The van der Waals surface area contributed by atoms with E-state index < -0.39 is 82.4 Å². The fraction of sp³-hybridized carbons (Fsp3) is 0.500. The topological polar surface area (TPSA) is 313 Å². The minimum absolute atomic E-state index is 0.0608. The SMILES string of the molecule is Nc1nc2c(ncn2[C@@H]2O[C@@H]3COP(=O)(O)OC4[C@@H](COP(O)(=S)OC2[C@H]3O)O[C@@H](n2cnc3c(N)ncnc32)[C@H]4O)c(=O)[nH]1. The van der Waals surface area contributed by atoms with Crippen LogP contribution in [0.3, 0.4) is 0 Å². The molecule has 10 atom stereocenters. The molecule has 4 aromatic rings. The van der Waals surface area contributed by atoms with Crippen LogP contribution in [-0.4, -0.2) is 109 Å². The number of hydrogen-bond donors (Lipinski definition) is 7. The largest absolute Gasteiger partial charge is 0.472 e. The van der Waals surface area contributed by atoms with Crippen molar-refractivity contribution in [3.8, 4) is 0 Å². The maximum absolute atomic E-state index is 13.1. The number of aliphatic hydroxyl groups excluding tert-OH is 2. The average molecular weight is 690 g/mol. The van der Waals surface area contributed by atoms with Crippen LogP contribution in [-0.2, 0) is 43.9 Å². The molecule has 3 aliphatic heterocycles. The zero-order valence-electron chi connectivity index (χ0n) is 22.4. The maximum Gasteiger partial charge on any atom is 0.472 e. The van der Waals surface area contributed by atoms with E-state index in [0.717, 1.165) is 6.33 Å². The van der Waals surface area contributed by atoms with Gasteiger partial charge in [0.05, 0.1) is 25.9 Å². The van der Waals surface area contributed by atoms with Crippen molar-refractivity contribution in [3.63, 3.8) is 0 Å². The molecular formula is C20H24N10O12P2S. The third kappa shape index (κ3) is 5.44. The molecule has 3 saturated heterocycles. The van der Waals surface area contributed by atoms with E-state index in [4.69, 9.17) is 50.8 Å². The first kappa shape index (κ1) is 30.6. The summed E-state index contributed by atoms with van der Waals surface area (Å²) in [5, 5.41) is 22.3. The highest BCUT2D eigenvalue weighted by molar-refractivity contribution is 8.07. The van der Waals surface area contributed by atoms with Gasteiger partial charge in [-0.3, -0.25) is 32.5 Å². The summed E-state index contributed by atoms with van der Waals surface area (Å²) in [5.74, 6) is -0.181. The number of nitrogen functional groups attached to an aromatic ring is 2. The summed E-state index contributed by atoms with van der Waals surface area (Å²) in [7, 11) is -5.01. The van der Waals surface area contributed by atoms with E-state index in [1.165, 1.54) is 21.8 Å². The maximum atomic E-state index is 13.1. The number of hydrogen-bond acceptors (Lipinski definition) is 18. The van der Waals surface area contributed by atoms with Crippen LogP contribution in [0, 0.1) is 0 Å². The monoisotopic (exact) mass is 690 g/mol. The first-order valence-electron chi connectivity index (χ1n) is 13.0. The number of rotatable bonds is 2. The zero-order chi connectivity index (χ0) is 31.8. The van der Waals surface area contributed by atoms with Crippen molar-refractivity contribution < 1.29 is 52.1 Å². The number of imidazole rings is 2. The smallest absolute Gasteiger partial charge is 0.387 e. The highest BCUT2D eigenvalue weighted by atomic mass is 32.5. The minimum atomic E-state index is -5.01. The Balaban J connectivity index is 1.21. The average Bonchev–Trinajstić information content (AvgIpc) is 3.72. The lowest BCUT2D eigenvalue weighted by atomic mass is 10.1. The van der Waals surface area contributed by atoms with Gasteiger partial charge >= 0.3 is 14.5 Å². The molecule has 9 N–H and O–H groups in total. The summed E-state index contributed by atoms with van der Waals surface area (Å²) in [6, 6.07) is 0. The van der Waals surface area contributed by atoms with Gasteiger partial charge in [0.25, 0.3) is 5.56 Å². The van der Waals surface area contributed by atoms with Crippen LogP contribution in [0.25, 0.3) is 22.3 Å². The number of nitrogens with two attached hydrogens (primary N) is 2. The third-order valence-corrected chi connectivity index (χ3v) is 9.87. The fourth-order valence-corrected chi connectivity index (χ4v) is 7.67. The highest BCUT2D eigenvalue weighted by Crippen LogP contribution is 2.53. The first-order chi connectivity index (χ1) is 21.3. The standard InChI is InChI=1S/C20H24N10O12P2S/c21-14-8-15(24-3-23-14)29(4-25-8)18-11(32)12-7(40-18)2-38-44(36,45)42-13-10(31)6(1-37-43(34,35)41-12)39-19(13)30-5-26-9-16(30)27-20(22)28-17(9)33/h3-7,10-13,18-19,31-32H,1-2H2,(H,34,35)(H,36,45)(H2,21,23,24)(H3,22,27,28,33)/t6-,7-,10+,11+,12?,13?,18-,19-,44?/m1/s1. The summed E-state index contributed by atoms with van der Waals surface area (Å²) in [6.45, 7) is -5.66. The number of aromatic amines is 1. The molecule has 0 amide bonds. The fourth-order valence-electron chi connectivity index (χ4n) is 5.30. The van der Waals surface area contributed by atoms with E-state index in [1.807, 2.05) is 0 Å². The lowest BCUT2D eigenvalue weighted by Gasteiger charge is -2.27. The number of fused-ring (bicyclic) bond motifs is 5. The summed E-state index contributed by atoms with van der Waals surface area (Å²) in [4.78, 5) is 56.5.